The van der Waals surface area contributed by atoms with E-state index in [4.69, 9.17) is 19.9 Å². The van der Waals surface area contributed by atoms with Crippen LogP contribution in [0.5, 0.6) is 17.2 Å². The third-order valence-electron chi connectivity index (χ3n) is 3.45. The standard InChI is InChI=1S/C17H17BrN2O5/c1-23-12-8-10(13(18)15(25-3)14(12)24-2)17(22)20-11-7-5-4-6-9(11)16(19)21/h4-8H,1-3H3,(H2,19,21)(H,20,22). The van der Waals surface area contributed by atoms with E-state index in [9.17, 15) is 9.59 Å². The van der Waals surface area contributed by atoms with Crippen LogP contribution in [0.15, 0.2) is 34.8 Å². The fraction of sp³-hybridized carbons (Fsp3) is 0.176. The van der Waals surface area contributed by atoms with Crippen molar-refractivity contribution in [3.63, 3.8) is 0 Å². The van der Waals surface area contributed by atoms with Crippen molar-refractivity contribution >= 4 is 33.4 Å². The van der Waals surface area contributed by atoms with Gasteiger partial charge in [-0.3, -0.25) is 9.59 Å². The monoisotopic (exact) mass is 408 g/mol. The number of nitrogens with one attached hydrogen (secondary N) is 1. The van der Waals surface area contributed by atoms with Gasteiger partial charge in [-0.15, -0.1) is 0 Å². The number of hydrogen-bond acceptors (Lipinski definition) is 5. The van der Waals surface area contributed by atoms with Crippen LogP contribution in [-0.2, 0) is 0 Å². The van der Waals surface area contributed by atoms with Crippen molar-refractivity contribution in [1.29, 1.82) is 0 Å². The number of nitrogens with two attached hydrogens (primary N) is 1. The summed E-state index contributed by atoms with van der Waals surface area (Å²) in [5, 5.41) is 2.67. The van der Waals surface area contributed by atoms with Gasteiger partial charge in [0.25, 0.3) is 11.8 Å². The number of benzene rings is 2. The topological polar surface area (TPSA) is 99.9 Å². The van der Waals surface area contributed by atoms with Crippen LogP contribution in [0.4, 0.5) is 5.69 Å². The van der Waals surface area contributed by atoms with Crippen LogP contribution in [-0.4, -0.2) is 33.1 Å². The van der Waals surface area contributed by atoms with Crippen LogP contribution in [0.25, 0.3) is 0 Å². The van der Waals surface area contributed by atoms with E-state index in [1.807, 2.05) is 0 Å². The van der Waals surface area contributed by atoms with Crippen molar-refractivity contribution in [2.24, 2.45) is 5.73 Å². The van der Waals surface area contributed by atoms with Gasteiger partial charge in [-0.05, 0) is 34.1 Å². The number of halogens is 1. The molecule has 0 aliphatic heterocycles. The van der Waals surface area contributed by atoms with Crippen LogP contribution >= 0.6 is 15.9 Å². The molecule has 2 aromatic carbocycles. The third-order valence-corrected chi connectivity index (χ3v) is 4.24. The number of carbonyl (C=O) groups is 2. The van der Waals surface area contributed by atoms with Crippen molar-refractivity contribution in [2.75, 3.05) is 26.6 Å². The second kappa shape index (κ2) is 7.89. The van der Waals surface area contributed by atoms with Crippen LogP contribution in [0.3, 0.4) is 0 Å². The number of methoxy groups -OCH3 is 3. The molecule has 0 spiro atoms. The van der Waals surface area contributed by atoms with E-state index in [0.29, 0.717) is 27.4 Å². The van der Waals surface area contributed by atoms with Crippen LogP contribution in [0.2, 0.25) is 0 Å². The Morgan fingerprint density at radius 3 is 2.20 bits per heavy atom. The van der Waals surface area contributed by atoms with Crippen molar-refractivity contribution in [3.8, 4) is 17.2 Å². The molecule has 3 N–H and O–H groups in total. The molecule has 0 saturated heterocycles. The van der Waals surface area contributed by atoms with Gasteiger partial charge in [0, 0.05) is 0 Å². The van der Waals surface area contributed by atoms with E-state index in [2.05, 4.69) is 21.2 Å². The number of carbonyl (C=O) groups excluding carboxylic acids is 2. The lowest BCUT2D eigenvalue weighted by atomic mass is 10.1. The van der Waals surface area contributed by atoms with E-state index in [1.54, 1.807) is 18.2 Å². The molecule has 25 heavy (non-hydrogen) atoms. The zero-order valence-electron chi connectivity index (χ0n) is 13.9. The van der Waals surface area contributed by atoms with Crippen LogP contribution in [0.1, 0.15) is 20.7 Å². The van der Waals surface area contributed by atoms with Gasteiger partial charge < -0.3 is 25.3 Å². The SMILES string of the molecule is COc1cc(C(=O)Nc2ccccc2C(N)=O)c(Br)c(OC)c1OC. The Morgan fingerprint density at radius 1 is 1.00 bits per heavy atom. The summed E-state index contributed by atoms with van der Waals surface area (Å²) in [6.07, 6.45) is 0. The van der Waals surface area contributed by atoms with Gasteiger partial charge in [-0.2, -0.15) is 0 Å². The summed E-state index contributed by atoms with van der Waals surface area (Å²) in [7, 11) is 4.37. The molecule has 2 aromatic rings. The number of ether oxygens (including phenoxy) is 3. The first kappa shape index (κ1) is 18.6. The van der Waals surface area contributed by atoms with Gasteiger partial charge in [-0.1, -0.05) is 12.1 Å². The highest BCUT2D eigenvalue weighted by Crippen LogP contribution is 2.44. The quantitative estimate of drug-likeness (QED) is 0.765. The summed E-state index contributed by atoms with van der Waals surface area (Å²) in [5.41, 5.74) is 6.09. The first-order valence-electron chi connectivity index (χ1n) is 7.13. The molecule has 8 heteroatoms. The predicted octanol–water partition coefficient (Wildman–Crippen LogP) is 2.83. The number of para-hydroxylation sites is 1. The van der Waals surface area contributed by atoms with Crippen molar-refractivity contribution in [2.45, 2.75) is 0 Å². The maximum Gasteiger partial charge on any atom is 0.257 e. The highest BCUT2D eigenvalue weighted by Gasteiger charge is 2.23. The maximum absolute atomic E-state index is 12.7. The Bertz CT molecular complexity index is 823. The van der Waals surface area contributed by atoms with E-state index in [0.717, 1.165) is 0 Å². The van der Waals surface area contributed by atoms with Gasteiger partial charge in [0.05, 0.1) is 42.6 Å². The molecule has 2 amide bonds. The molecular formula is C17H17BrN2O5. The molecule has 0 aromatic heterocycles. The predicted molar refractivity (Wildman–Crippen MR) is 96.7 cm³/mol. The maximum atomic E-state index is 12.7. The third kappa shape index (κ3) is 3.69. The molecule has 0 saturated carbocycles. The molecule has 0 aliphatic carbocycles. The Morgan fingerprint density at radius 2 is 1.64 bits per heavy atom. The highest BCUT2D eigenvalue weighted by molar-refractivity contribution is 9.10. The molecule has 0 bridgehead atoms. The summed E-state index contributed by atoms with van der Waals surface area (Å²) in [4.78, 5) is 24.2. The average Bonchev–Trinajstić information content (AvgIpc) is 2.61. The fourth-order valence-electron chi connectivity index (χ4n) is 2.28. The lowest BCUT2D eigenvalue weighted by Gasteiger charge is -2.17. The highest BCUT2D eigenvalue weighted by atomic mass is 79.9. The largest absolute Gasteiger partial charge is 0.493 e. The normalized spacial score (nSPS) is 10.1. The molecule has 2 rings (SSSR count). The van der Waals surface area contributed by atoms with E-state index in [1.165, 1.54) is 33.5 Å². The van der Waals surface area contributed by atoms with E-state index >= 15 is 0 Å². The summed E-state index contributed by atoms with van der Waals surface area (Å²) in [6.45, 7) is 0. The molecule has 7 nitrogen and oxygen atoms in total. The van der Waals surface area contributed by atoms with Crippen molar-refractivity contribution in [3.05, 3.63) is 45.9 Å². The molecule has 0 unspecified atom stereocenters. The minimum atomic E-state index is -0.639. The van der Waals surface area contributed by atoms with Gasteiger partial charge in [0.2, 0.25) is 5.75 Å². The molecule has 0 aliphatic rings. The van der Waals surface area contributed by atoms with E-state index < -0.39 is 11.8 Å². The van der Waals surface area contributed by atoms with Crippen LogP contribution < -0.4 is 25.3 Å². The van der Waals surface area contributed by atoms with Gasteiger partial charge in [0.1, 0.15) is 0 Å². The first-order valence-corrected chi connectivity index (χ1v) is 7.92. The van der Waals surface area contributed by atoms with Crippen molar-refractivity contribution < 1.29 is 23.8 Å². The lowest BCUT2D eigenvalue weighted by molar-refractivity contribution is 0.100. The molecule has 0 radical (unpaired) electrons. The number of anilines is 1. The van der Waals surface area contributed by atoms with E-state index in [-0.39, 0.29) is 11.1 Å². The number of amides is 2. The average molecular weight is 409 g/mol. The second-order valence-electron chi connectivity index (χ2n) is 4.87. The Labute approximate surface area is 153 Å². The molecule has 0 heterocycles. The summed E-state index contributed by atoms with van der Waals surface area (Å²) >= 11 is 3.34. The zero-order chi connectivity index (χ0) is 18.6. The molecule has 0 fully saturated rings. The van der Waals surface area contributed by atoms with Gasteiger partial charge in [0.15, 0.2) is 11.5 Å². The zero-order valence-corrected chi connectivity index (χ0v) is 15.5. The first-order chi connectivity index (χ1) is 11.9. The molecule has 0 atom stereocenters. The number of hydrogen-bond donors (Lipinski definition) is 2. The minimum absolute atomic E-state index is 0.208. The summed E-state index contributed by atoms with van der Waals surface area (Å²) < 4.78 is 16.2. The molecule has 132 valence electrons. The number of primary amides is 1. The van der Waals surface area contributed by atoms with Gasteiger partial charge in [-0.25, -0.2) is 0 Å². The summed E-state index contributed by atoms with van der Waals surface area (Å²) in [5.74, 6) is -0.114. The molecular weight excluding hydrogens is 392 g/mol. The Hall–Kier alpha value is -2.74. The lowest BCUT2D eigenvalue weighted by Crippen LogP contribution is -2.18. The van der Waals surface area contributed by atoms with Crippen molar-refractivity contribution in [1.82, 2.24) is 0 Å². The second-order valence-corrected chi connectivity index (χ2v) is 5.66. The smallest absolute Gasteiger partial charge is 0.257 e. The fourth-order valence-corrected chi connectivity index (χ4v) is 2.92. The minimum Gasteiger partial charge on any atom is -0.493 e. The van der Waals surface area contributed by atoms with Gasteiger partial charge >= 0.3 is 0 Å². The van der Waals surface area contributed by atoms with Crippen LogP contribution in [0, 0.1) is 0 Å². The number of rotatable bonds is 6. The Kier molecular flexibility index (Phi) is 5.87. The Balaban J connectivity index is 2.49. The summed E-state index contributed by atoms with van der Waals surface area (Å²) in [6, 6.07) is 7.97.